The number of ether oxygens (including phenoxy) is 1. The van der Waals surface area contributed by atoms with Crippen molar-refractivity contribution in [3.8, 4) is 17.1 Å². The third kappa shape index (κ3) is 10.6. The van der Waals surface area contributed by atoms with Crippen LogP contribution in [0.4, 0.5) is 14.5 Å². The van der Waals surface area contributed by atoms with Gasteiger partial charge in [0.15, 0.2) is 11.4 Å². The Morgan fingerprint density at radius 3 is 2.51 bits per heavy atom. The molecule has 16 nitrogen and oxygen atoms in total. The molecule has 1 atom stereocenters. The molecule has 0 spiro atoms. The van der Waals surface area contributed by atoms with Gasteiger partial charge in [-0.25, -0.2) is 23.2 Å². The Balaban J connectivity index is 0.756. The van der Waals surface area contributed by atoms with Crippen LogP contribution in [0, 0.1) is 5.92 Å². The molecule has 0 radical (unpaired) electrons. The largest absolute Gasteiger partial charge is 0.444 e. The Hall–Kier alpha value is -6.82. The number of rotatable bonds is 20. The lowest BCUT2D eigenvalue weighted by Crippen LogP contribution is -2.44. The van der Waals surface area contributed by atoms with Crippen LogP contribution >= 0.6 is 0 Å². The van der Waals surface area contributed by atoms with E-state index in [0.29, 0.717) is 42.1 Å². The third-order valence-corrected chi connectivity index (χ3v) is 11.9. The predicted molar refractivity (Wildman–Crippen MR) is 236 cm³/mol. The fraction of sp³-hybridized carbons (Fsp3) is 0.404. The molecule has 2 fully saturated rings. The molecule has 1 aliphatic carbocycles. The number of fused-ring (bicyclic) bond motifs is 1. The van der Waals surface area contributed by atoms with Gasteiger partial charge in [0.25, 0.3) is 18.2 Å². The number of hydrogen-bond acceptors (Lipinski definition) is 10. The molecule has 6 aromatic rings. The van der Waals surface area contributed by atoms with Gasteiger partial charge in [0.2, 0.25) is 17.7 Å². The summed E-state index contributed by atoms with van der Waals surface area (Å²) in [6.45, 7) is 1.65. The number of unbranched alkanes of at least 4 members (excludes halogenated alkanes) is 2. The zero-order valence-corrected chi connectivity index (χ0v) is 36.3. The Bertz CT molecular complexity index is 2750. The number of carbonyl (C=O) groups excluding carboxylic acids is 4. The molecule has 1 saturated carbocycles. The number of pyridine rings is 1. The molecule has 4 aromatic heterocycles. The van der Waals surface area contributed by atoms with Gasteiger partial charge in [0.1, 0.15) is 12.3 Å². The van der Waals surface area contributed by atoms with Gasteiger partial charge < -0.3 is 19.4 Å². The number of hydrogen-bond donors (Lipinski definition) is 2. The van der Waals surface area contributed by atoms with Crippen LogP contribution in [0.5, 0.6) is 0 Å². The molecule has 1 unspecified atom stereocenters. The molecule has 1 saturated heterocycles. The summed E-state index contributed by atoms with van der Waals surface area (Å²) in [6.07, 6.45) is 10.1. The maximum absolute atomic E-state index is 14.1. The van der Waals surface area contributed by atoms with E-state index in [-0.39, 0.29) is 47.6 Å². The van der Waals surface area contributed by atoms with E-state index in [2.05, 4.69) is 25.7 Å². The van der Waals surface area contributed by atoms with E-state index >= 15 is 0 Å². The first kappa shape index (κ1) is 44.8. The van der Waals surface area contributed by atoms with Crippen LogP contribution in [0.25, 0.3) is 28.2 Å². The first-order chi connectivity index (χ1) is 31.4. The van der Waals surface area contributed by atoms with Crippen LogP contribution in [0.1, 0.15) is 108 Å². The summed E-state index contributed by atoms with van der Waals surface area (Å²) in [7, 11) is 3.40. The van der Waals surface area contributed by atoms with E-state index in [1.165, 1.54) is 39.1 Å². The number of imide groups is 1. The van der Waals surface area contributed by atoms with Crippen LogP contribution in [0.3, 0.4) is 0 Å². The van der Waals surface area contributed by atoms with Gasteiger partial charge in [-0.1, -0.05) is 18.9 Å². The van der Waals surface area contributed by atoms with Crippen molar-refractivity contribution in [3.63, 3.8) is 0 Å². The number of nitrogens with zero attached hydrogens (tertiary/aromatic N) is 7. The highest BCUT2D eigenvalue weighted by atomic mass is 19.3. The number of aromatic nitrogens is 6. The summed E-state index contributed by atoms with van der Waals surface area (Å²) >= 11 is 0. The summed E-state index contributed by atoms with van der Waals surface area (Å²) in [6, 6.07) is 15.1. The minimum absolute atomic E-state index is 0.0815. The average molecular weight is 892 g/mol. The van der Waals surface area contributed by atoms with Crippen molar-refractivity contribution < 1.29 is 37.1 Å². The van der Waals surface area contributed by atoms with Gasteiger partial charge in [-0.05, 0) is 111 Å². The molecule has 340 valence electrons. The second-order valence-corrected chi connectivity index (χ2v) is 16.7. The zero-order valence-electron chi connectivity index (χ0n) is 36.3. The lowest BCUT2D eigenvalue weighted by Gasteiger charge is -2.21. The van der Waals surface area contributed by atoms with Crippen LogP contribution in [0.2, 0.25) is 0 Å². The van der Waals surface area contributed by atoms with Gasteiger partial charge in [-0.3, -0.25) is 38.6 Å². The number of alkyl halides is 2. The number of amides is 4. The van der Waals surface area contributed by atoms with Crippen molar-refractivity contribution in [2.24, 2.45) is 13.0 Å². The van der Waals surface area contributed by atoms with Crippen molar-refractivity contribution in [1.29, 1.82) is 0 Å². The van der Waals surface area contributed by atoms with E-state index in [0.717, 1.165) is 67.6 Å². The number of oxazole rings is 1. The highest BCUT2D eigenvalue weighted by Gasteiger charge is 2.31. The molecule has 2 N–H and O–H groups in total. The highest BCUT2D eigenvalue weighted by molar-refractivity contribution is 6.03. The Morgan fingerprint density at radius 1 is 0.969 bits per heavy atom. The Morgan fingerprint density at radius 2 is 1.75 bits per heavy atom. The highest BCUT2D eigenvalue weighted by Crippen LogP contribution is 2.34. The van der Waals surface area contributed by atoms with Gasteiger partial charge in [0.05, 0.1) is 28.6 Å². The van der Waals surface area contributed by atoms with E-state index < -0.39 is 30.0 Å². The average Bonchev–Trinajstić information content (AvgIpc) is 3.72. The number of nitrogens with one attached hydrogen (secondary N) is 2. The molecule has 5 heterocycles. The second-order valence-electron chi connectivity index (χ2n) is 16.7. The summed E-state index contributed by atoms with van der Waals surface area (Å²) in [4.78, 5) is 73.8. The molecule has 18 heteroatoms. The van der Waals surface area contributed by atoms with Crippen LogP contribution in [0.15, 0.2) is 82.5 Å². The van der Waals surface area contributed by atoms with Crippen LogP contribution in [-0.4, -0.2) is 84.2 Å². The zero-order chi connectivity index (χ0) is 45.6. The van der Waals surface area contributed by atoms with E-state index in [9.17, 15) is 32.8 Å². The maximum atomic E-state index is 14.1. The Kier molecular flexibility index (Phi) is 13.7. The molecule has 8 rings (SSSR count). The quantitative estimate of drug-likeness (QED) is 0.0598. The minimum Gasteiger partial charge on any atom is -0.444 e. The number of imidazole rings is 1. The van der Waals surface area contributed by atoms with Gasteiger partial charge in [-0.15, -0.1) is 0 Å². The normalized spacial score (nSPS) is 15.2. The van der Waals surface area contributed by atoms with E-state index in [4.69, 9.17) is 9.15 Å². The van der Waals surface area contributed by atoms with Crippen molar-refractivity contribution in [2.75, 3.05) is 32.1 Å². The van der Waals surface area contributed by atoms with E-state index in [1.807, 2.05) is 24.3 Å². The monoisotopic (exact) mass is 891 g/mol. The number of carbonyl (C=O) groups is 4. The SMILES string of the molecule is CN(CCCCOCCCCc1ccc2c(c1)n(C)c(=O)n2C1CCC(=O)NC1=O)C(=O)c1ccc(-n2cc(NC(=O)c3coc(-c4ccnc(CCC5CC5)c4)n3)c(C(F)F)n2)cc1. The molecule has 1 aliphatic heterocycles. The van der Waals surface area contributed by atoms with Gasteiger partial charge in [-0.2, -0.15) is 5.10 Å². The number of benzene rings is 2. The molecular formula is C47H51F2N9O7. The smallest absolute Gasteiger partial charge is 0.329 e. The summed E-state index contributed by atoms with van der Waals surface area (Å²) in [5.74, 6) is -0.735. The van der Waals surface area contributed by atoms with Crippen LogP contribution in [-0.2, 0) is 34.2 Å². The third-order valence-electron chi connectivity index (χ3n) is 11.9. The standard InChI is InChI=1S/C47H51F2N9O7/c1-55(22-4-6-24-64-23-5-3-7-30-11-17-37-39(25-30)56(2)47(63)58(37)38-18-19-40(59)53-44(38)61)46(62)31-12-15-34(16-13-31)57-27-35(41(54-57)42(48)49)51-43(60)36-28-65-45(52-36)32-20-21-50-33(26-32)14-10-29-8-9-29/h11-13,15-17,20-21,25-29,38,42H,3-10,14,18-19,22-24H2,1-2H3,(H,51,60)(H,53,59,61). The first-order valence-electron chi connectivity index (χ1n) is 22.0. The number of piperidine rings is 1. The number of anilines is 1. The first-order valence-corrected chi connectivity index (χ1v) is 22.0. The number of halogens is 2. The van der Waals surface area contributed by atoms with Crippen molar-refractivity contribution in [1.82, 2.24) is 39.1 Å². The fourth-order valence-electron chi connectivity index (χ4n) is 8.04. The Labute approximate surface area is 373 Å². The summed E-state index contributed by atoms with van der Waals surface area (Å²) in [5, 5.41) is 8.85. The minimum atomic E-state index is -2.98. The molecular weight excluding hydrogens is 841 g/mol. The van der Waals surface area contributed by atoms with Gasteiger partial charge in [0, 0.05) is 63.3 Å². The number of aryl methyl sites for hydroxylation is 3. The summed E-state index contributed by atoms with van der Waals surface area (Å²) < 4.78 is 43.8. The molecule has 0 bridgehead atoms. The maximum Gasteiger partial charge on any atom is 0.329 e. The van der Waals surface area contributed by atoms with Crippen molar-refractivity contribution >= 4 is 40.3 Å². The van der Waals surface area contributed by atoms with Crippen LogP contribution < -0.4 is 16.3 Å². The summed E-state index contributed by atoms with van der Waals surface area (Å²) in [5.41, 5.74) is 3.69. The van der Waals surface area contributed by atoms with Gasteiger partial charge >= 0.3 is 5.69 Å². The van der Waals surface area contributed by atoms with Crippen molar-refractivity contribution in [2.45, 2.75) is 83.1 Å². The second kappa shape index (κ2) is 19.9. The molecule has 2 aliphatic rings. The lowest BCUT2D eigenvalue weighted by molar-refractivity contribution is -0.135. The topological polar surface area (TPSA) is 188 Å². The molecule has 4 amide bonds. The van der Waals surface area contributed by atoms with Crippen molar-refractivity contribution in [3.05, 3.63) is 112 Å². The predicted octanol–water partition coefficient (Wildman–Crippen LogP) is 6.98. The lowest BCUT2D eigenvalue weighted by atomic mass is 10.0. The molecule has 2 aromatic carbocycles. The fourth-order valence-corrected chi connectivity index (χ4v) is 8.04. The molecule has 65 heavy (non-hydrogen) atoms. The van der Waals surface area contributed by atoms with E-state index in [1.54, 1.807) is 55.5 Å².